The Labute approximate surface area is 90.6 Å². The van der Waals surface area contributed by atoms with Crippen LogP contribution in [-0.2, 0) is 0 Å². The first-order valence-electron chi connectivity index (χ1n) is 4.66. The van der Waals surface area contributed by atoms with Crippen LogP contribution in [0.1, 0.15) is 18.5 Å². The fourth-order valence-corrected chi connectivity index (χ4v) is 2.21. The van der Waals surface area contributed by atoms with Gasteiger partial charge in [-0.15, -0.1) is 11.8 Å². The number of hydrogen-bond donors (Lipinski definition) is 1. The van der Waals surface area contributed by atoms with E-state index in [2.05, 4.69) is 49.3 Å². The fourth-order valence-electron chi connectivity index (χ4n) is 1.57. The van der Waals surface area contributed by atoms with Gasteiger partial charge < -0.3 is 5.32 Å². The van der Waals surface area contributed by atoms with Crippen molar-refractivity contribution in [3.63, 3.8) is 0 Å². The van der Waals surface area contributed by atoms with Crippen LogP contribution in [0.5, 0.6) is 0 Å². The van der Waals surface area contributed by atoms with Crippen LogP contribution in [0.2, 0.25) is 0 Å². The molecular weight excluding hydrogens is 190 g/mol. The van der Waals surface area contributed by atoms with Crippen molar-refractivity contribution in [1.82, 2.24) is 5.32 Å². The summed E-state index contributed by atoms with van der Waals surface area (Å²) in [6, 6.07) is 8.70. The third kappa shape index (κ3) is 2.40. The van der Waals surface area contributed by atoms with Crippen molar-refractivity contribution >= 4 is 11.8 Å². The highest BCUT2D eigenvalue weighted by Crippen LogP contribution is 2.28. The average Bonchev–Trinajstić information content (AvgIpc) is 2.19. The number of likely N-dealkylation sites (N-methyl/N-ethyl adjacent to an activating group) is 1. The number of nitrogens with one attached hydrogen (secondary N) is 1. The predicted octanol–water partition coefficient (Wildman–Crippen LogP) is 3.25. The Morgan fingerprint density at radius 3 is 2.57 bits per heavy atom. The molecule has 0 aliphatic rings. The van der Waals surface area contributed by atoms with Gasteiger partial charge in [0.2, 0.25) is 0 Å². The molecule has 0 saturated carbocycles. The Hall–Kier alpha value is -0.730. The number of rotatable bonds is 4. The third-order valence-electron chi connectivity index (χ3n) is 2.23. The molecule has 0 bridgehead atoms. The van der Waals surface area contributed by atoms with Crippen LogP contribution < -0.4 is 5.32 Å². The maximum atomic E-state index is 4.01. The van der Waals surface area contributed by atoms with Crippen LogP contribution in [-0.4, -0.2) is 13.3 Å². The van der Waals surface area contributed by atoms with E-state index in [-0.39, 0.29) is 6.04 Å². The van der Waals surface area contributed by atoms with Crippen molar-refractivity contribution in [3.05, 3.63) is 42.0 Å². The maximum absolute atomic E-state index is 4.01. The van der Waals surface area contributed by atoms with Gasteiger partial charge in [-0.25, -0.2) is 0 Å². The molecule has 0 radical (unpaired) electrons. The van der Waals surface area contributed by atoms with Gasteiger partial charge in [-0.1, -0.05) is 30.4 Å². The third-order valence-corrected chi connectivity index (χ3v) is 3.04. The van der Waals surface area contributed by atoms with Crippen LogP contribution in [0.4, 0.5) is 0 Å². The lowest BCUT2D eigenvalue weighted by atomic mass is 10.0. The van der Waals surface area contributed by atoms with Crippen molar-refractivity contribution in [2.24, 2.45) is 0 Å². The van der Waals surface area contributed by atoms with E-state index >= 15 is 0 Å². The molecule has 0 amide bonds. The van der Waals surface area contributed by atoms with E-state index in [1.165, 1.54) is 10.5 Å². The summed E-state index contributed by atoms with van der Waals surface area (Å²) in [5.74, 6) is 0. The van der Waals surface area contributed by atoms with Crippen molar-refractivity contribution < 1.29 is 0 Å². The van der Waals surface area contributed by atoms with E-state index in [0.29, 0.717) is 0 Å². The van der Waals surface area contributed by atoms with E-state index < -0.39 is 0 Å². The van der Waals surface area contributed by atoms with Crippen molar-refractivity contribution in [2.45, 2.75) is 17.9 Å². The topological polar surface area (TPSA) is 12.0 Å². The lowest BCUT2D eigenvalue weighted by molar-refractivity contribution is 0.668. The number of hydrogen-bond acceptors (Lipinski definition) is 2. The number of benzene rings is 1. The van der Waals surface area contributed by atoms with Crippen LogP contribution in [0.25, 0.3) is 0 Å². The molecule has 1 aromatic rings. The van der Waals surface area contributed by atoms with Gasteiger partial charge in [-0.3, -0.25) is 0 Å². The Balaban J connectivity index is 3.08. The van der Waals surface area contributed by atoms with Gasteiger partial charge in [0.25, 0.3) is 0 Å². The van der Waals surface area contributed by atoms with Gasteiger partial charge in [0.05, 0.1) is 6.04 Å². The standard InChI is InChI=1S/C12H17NS/c1-9(2)12(13-3)10-7-5-6-8-11(10)14-4/h5-8,12-13H,1H2,2-4H3. The fraction of sp³-hybridized carbons (Fsp3) is 0.333. The molecule has 0 saturated heterocycles. The molecule has 1 N–H and O–H groups in total. The van der Waals surface area contributed by atoms with Crippen LogP contribution in [0.3, 0.4) is 0 Å². The van der Waals surface area contributed by atoms with Gasteiger partial charge in [-0.2, -0.15) is 0 Å². The molecule has 0 spiro atoms. The van der Waals surface area contributed by atoms with E-state index in [1.54, 1.807) is 11.8 Å². The highest BCUT2D eigenvalue weighted by molar-refractivity contribution is 7.98. The van der Waals surface area contributed by atoms with Crippen molar-refractivity contribution in [3.8, 4) is 0 Å². The van der Waals surface area contributed by atoms with E-state index in [9.17, 15) is 0 Å². The summed E-state index contributed by atoms with van der Waals surface area (Å²) >= 11 is 1.78. The molecule has 1 atom stereocenters. The zero-order valence-corrected chi connectivity index (χ0v) is 9.82. The Bertz CT molecular complexity index is 320. The molecule has 1 nitrogen and oxygen atoms in total. The SMILES string of the molecule is C=C(C)C(NC)c1ccccc1SC. The molecule has 1 aromatic carbocycles. The minimum atomic E-state index is 0.263. The summed E-state index contributed by atoms with van der Waals surface area (Å²) in [5, 5.41) is 3.28. The van der Waals surface area contributed by atoms with Gasteiger partial charge in [0, 0.05) is 4.90 Å². The monoisotopic (exact) mass is 207 g/mol. The second-order valence-corrected chi connectivity index (χ2v) is 4.16. The van der Waals surface area contributed by atoms with Crippen LogP contribution in [0, 0.1) is 0 Å². The Morgan fingerprint density at radius 2 is 2.07 bits per heavy atom. The van der Waals surface area contributed by atoms with E-state index in [0.717, 1.165) is 5.57 Å². The first-order chi connectivity index (χ1) is 6.70. The molecule has 14 heavy (non-hydrogen) atoms. The second kappa shape index (κ2) is 5.23. The molecule has 1 rings (SSSR count). The smallest absolute Gasteiger partial charge is 0.0539 e. The quantitative estimate of drug-likeness (QED) is 0.601. The molecular formula is C12H17NS. The first kappa shape index (κ1) is 11.3. The Morgan fingerprint density at radius 1 is 1.43 bits per heavy atom. The molecule has 0 aliphatic heterocycles. The molecule has 0 aliphatic carbocycles. The molecule has 0 heterocycles. The average molecular weight is 207 g/mol. The molecule has 2 heteroatoms. The summed E-state index contributed by atoms with van der Waals surface area (Å²) in [4.78, 5) is 1.31. The maximum Gasteiger partial charge on any atom is 0.0539 e. The van der Waals surface area contributed by atoms with E-state index in [4.69, 9.17) is 0 Å². The van der Waals surface area contributed by atoms with Gasteiger partial charge in [0.1, 0.15) is 0 Å². The highest BCUT2D eigenvalue weighted by Gasteiger charge is 2.12. The van der Waals surface area contributed by atoms with Gasteiger partial charge >= 0.3 is 0 Å². The molecule has 0 fully saturated rings. The lowest BCUT2D eigenvalue weighted by Gasteiger charge is -2.19. The number of thioether (sulfide) groups is 1. The second-order valence-electron chi connectivity index (χ2n) is 3.31. The summed E-state index contributed by atoms with van der Waals surface area (Å²) in [6.45, 7) is 6.06. The van der Waals surface area contributed by atoms with Gasteiger partial charge in [0.15, 0.2) is 0 Å². The lowest BCUT2D eigenvalue weighted by Crippen LogP contribution is -2.17. The van der Waals surface area contributed by atoms with Crippen LogP contribution in [0.15, 0.2) is 41.3 Å². The van der Waals surface area contributed by atoms with Crippen molar-refractivity contribution in [2.75, 3.05) is 13.3 Å². The zero-order valence-electron chi connectivity index (χ0n) is 9.00. The molecule has 0 aromatic heterocycles. The Kier molecular flexibility index (Phi) is 4.23. The summed E-state index contributed by atoms with van der Waals surface area (Å²) in [7, 11) is 1.97. The summed E-state index contributed by atoms with van der Waals surface area (Å²) in [5.41, 5.74) is 2.46. The highest BCUT2D eigenvalue weighted by atomic mass is 32.2. The van der Waals surface area contributed by atoms with E-state index in [1.807, 2.05) is 7.05 Å². The van der Waals surface area contributed by atoms with Gasteiger partial charge in [-0.05, 0) is 31.9 Å². The normalized spacial score (nSPS) is 12.5. The summed E-state index contributed by atoms with van der Waals surface area (Å²) < 4.78 is 0. The largest absolute Gasteiger partial charge is 0.310 e. The minimum Gasteiger partial charge on any atom is -0.310 e. The van der Waals surface area contributed by atoms with Crippen LogP contribution >= 0.6 is 11.8 Å². The molecule has 76 valence electrons. The summed E-state index contributed by atoms with van der Waals surface area (Å²) in [6.07, 6.45) is 2.10. The van der Waals surface area contributed by atoms with Crippen molar-refractivity contribution in [1.29, 1.82) is 0 Å². The molecule has 1 unspecified atom stereocenters. The predicted molar refractivity (Wildman–Crippen MR) is 64.8 cm³/mol. The first-order valence-corrected chi connectivity index (χ1v) is 5.88. The zero-order chi connectivity index (χ0) is 10.6. The minimum absolute atomic E-state index is 0.263.